The number of piperidine rings is 1. The van der Waals surface area contributed by atoms with E-state index in [0.29, 0.717) is 24.0 Å². The lowest BCUT2D eigenvalue weighted by molar-refractivity contribution is 0.182. The number of fused-ring (bicyclic) bond motifs is 1. The number of amides is 2. The Morgan fingerprint density at radius 2 is 1.69 bits per heavy atom. The Morgan fingerprint density at radius 1 is 1.00 bits per heavy atom. The van der Waals surface area contributed by atoms with E-state index in [1.54, 1.807) is 15.8 Å². The zero-order chi connectivity index (χ0) is 17.9. The summed E-state index contributed by atoms with van der Waals surface area (Å²) in [6.45, 7) is 1.23. The van der Waals surface area contributed by atoms with E-state index in [1.165, 1.54) is 0 Å². The van der Waals surface area contributed by atoms with Crippen LogP contribution in [-0.4, -0.2) is 33.6 Å². The number of hydrogen-bond donors (Lipinski definition) is 1. The van der Waals surface area contributed by atoms with Crippen molar-refractivity contribution in [2.75, 3.05) is 18.4 Å². The molecule has 2 amide bonds. The van der Waals surface area contributed by atoms with Crippen LogP contribution in [0.4, 0.5) is 10.5 Å². The highest BCUT2D eigenvalue weighted by molar-refractivity contribution is 5.89. The Hall–Kier alpha value is -3.15. The van der Waals surface area contributed by atoms with Crippen molar-refractivity contribution in [2.45, 2.75) is 18.9 Å². The van der Waals surface area contributed by atoms with Crippen molar-refractivity contribution in [1.82, 2.24) is 14.5 Å². The zero-order valence-corrected chi connectivity index (χ0v) is 14.3. The molecule has 26 heavy (non-hydrogen) atoms. The first-order valence-corrected chi connectivity index (χ1v) is 8.79. The second-order valence-corrected chi connectivity index (χ2v) is 6.49. The predicted molar refractivity (Wildman–Crippen MR) is 101 cm³/mol. The number of carbonyl (C=O) groups is 1. The number of hydrogen-bond acceptors (Lipinski definition) is 3. The average molecular weight is 348 g/mol. The van der Waals surface area contributed by atoms with Crippen molar-refractivity contribution in [1.29, 1.82) is 0 Å². The van der Waals surface area contributed by atoms with E-state index >= 15 is 0 Å². The third-order valence-electron chi connectivity index (χ3n) is 4.86. The predicted octanol–water partition coefficient (Wildman–Crippen LogP) is 3.27. The first kappa shape index (κ1) is 16.3. The highest BCUT2D eigenvalue weighted by Gasteiger charge is 2.24. The third kappa shape index (κ3) is 3.18. The maximum Gasteiger partial charge on any atom is 0.321 e. The van der Waals surface area contributed by atoms with Gasteiger partial charge in [-0.3, -0.25) is 9.36 Å². The monoisotopic (exact) mass is 348 g/mol. The Morgan fingerprint density at radius 3 is 2.46 bits per heavy atom. The molecule has 1 saturated heterocycles. The van der Waals surface area contributed by atoms with Crippen molar-refractivity contribution in [3.63, 3.8) is 0 Å². The molecule has 0 radical (unpaired) electrons. The van der Waals surface area contributed by atoms with Crippen LogP contribution in [0.15, 0.2) is 65.7 Å². The smallest absolute Gasteiger partial charge is 0.321 e. The second-order valence-electron chi connectivity index (χ2n) is 6.49. The summed E-state index contributed by atoms with van der Waals surface area (Å²) in [4.78, 5) is 31.3. The highest BCUT2D eigenvalue weighted by atomic mass is 16.2. The van der Waals surface area contributed by atoms with Crippen molar-refractivity contribution >= 4 is 22.6 Å². The fourth-order valence-electron chi connectivity index (χ4n) is 3.41. The fourth-order valence-corrected chi connectivity index (χ4v) is 3.41. The lowest BCUT2D eigenvalue weighted by atomic mass is 10.0. The molecule has 1 fully saturated rings. The summed E-state index contributed by atoms with van der Waals surface area (Å²) < 4.78 is 1.72. The van der Waals surface area contributed by atoms with Crippen LogP contribution in [0.1, 0.15) is 18.9 Å². The molecule has 0 atom stereocenters. The Kier molecular flexibility index (Phi) is 4.39. The molecule has 0 aliphatic carbocycles. The minimum Gasteiger partial charge on any atom is -0.324 e. The average Bonchev–Trinajstić information content (AvgIpc) is 2.69. The van der Waals surface area contributed by atoms with Gasteiger partial charge in [-0.15, -0.1) is 0 Å². The van der Waals surface area contributed by atoms with Crippen molar-refractivity contribution in [2.24, 2.45) is 0 Å². The van der Waals surface area contributed by atoms with Gasteiger partial charge in [0, 0.05) is 24.8 Å². The Labute approximate surface area is 151 Å². The number of nitrogens with zero attached hydrogens (tertiary/aromatic N) is 3. The fraction of sp³-hybridized carbons (Fsp3) is 0.250. The van der Waals surface area contributed by atoms with E-state index in [0.717, 1.165) is 18.5 Å². The van der Waals surface area contributed by atoms with Gasteiger partial charge in [0.1, 0.15) is 0 Å². The summed E-state index contributed by atoms with van der Waals surface area (Å²) in [6, 6.07) is 16.8. The molecular formula is C20H20N4O2. The van der Waals surface area contributed by atoms with E-state index in [2.05, 4.69) is 10.3 Å². The second kappa shape index (κ2) is 7.00. The van der Waals surface area contributed by atoms with Crippen LogP contribution in [0.3, 0.4) is 0 Å². The molecule has 4 rings (SSSR count). The molecule has 0 saturated carbocycles. The summed E-state index contributed by atoms with van der Waals surface area (Å²) >= 11 is 0. The number of carbonyl (C=O) groups excluding carboxylic acids is 1. The molecule has 132 valence electrons. The number of anilines is 1. The minimum atomic E-state index is -0.0985. The maximum absolute atomic E-state index is 12.7. The number of rotatable bonds is 2. The number of likely N-dealkylation sites (tertiary alicyclic amines) is 1. The molecule has 1 aliphatic heterocycles. The molecule has 1 aliphatic rings. The quantitative estimate of drug-likeness (QED) is 0.773. The number of aromatic nitrogens is 2. The molecule has 2 aromatic carbocycles. The van der Waals surface area contributed by atoms with Gasteiger partial charge >= 0.3 is 6.03 Å². The Bertz CT molecular complexity index is 976. The van der Waals surface area contributed by atoms with E-state index in [9.17, 15) is 9.59 Å². The molecule has 0 unspecified atom stereocenters. The number of nitrogens with one attached hydrogen (secondary N) is 1. The molecule has 6 heteroatoms. The van der Waals surface area contributed by atoms with Gasteiger partial charge in [-0.05, 0) is 37.1 Å². The van der Waals surface area contributed by atoms with Crippen LogP contribution in [0.25, 0.3) is 10.9 Å². The topological polar surface area (TPSA) is 67.2 Å². The van der Waals surface area contributed by atoms with Gasteiger partial charge in [0.25, 0.3) is 5.56 Å². The van der Waals surface area contributed by atoms with Crippen LogP contribution in [0.2, 0.25) is 0 Å². The van der Waals surface area contributed by atoms with E-state index in [1.807, 2.05) is 54.6 Å². The summed E-state index contributed by atoms with van der Waals surface area (Å²) in [5, 5.41) is 3.55. The summed E-state index contributed by atoms with van der Waals surface area (Å²) in [7, 11) is 0. The van der Waals surface area contributed by atoms with Crippen LogP contribution in [0, 0.1) is 0 Å². The molecule has 0 bridgehead atoms. The van der Waals surface area contributed by atoms with E-state index in [4.69, 9.17) is 0 Å². The minimum absolute atomic E-state index is 0.0113. The molecule has 6 nitrogen and oxygen atoms in total. The van der Waals surface area contributed by atoms with E-state index < -0.39 is 0 Å². The van der Waals surface area contributed by atoms with Gasteiger partial charge < -0.3 is 10.2 Å². The van der Waals surface area contributed by atoms with Gasteiger partial charge in [-0.25, -0.2) is 9.78 Å². The summed E-state index contributed by atoms with van der Waals surface area (Å²) in [5.74, 6) is 0. The summed E-state index contributed by atoms with van der Waals surface area (Å²) in [6.07, 6.45) is 3.11. The number of benzene rings is 2. The first-order valence-electron chi connectivity index (χ1n) is 8.79. The highest BCUT2D eigenvalue weighted by Crippen LogP contribution is 2.22. The standard InChI is InChI=1S/C20H20N4O2/c25-19-17-8-4-5-9-18(17)21-14-24(19)16-10-12-23(13-11-16)20(26)22-15-6-2-1-3-7-15/h1-9,14,16H,10-13H2,(H,22,26). The zero-order valence-electron chi connectivity index (χ0n) is 14.3. The van der Waals surface area contributed by atoms with Crippen molar-refractivity contribution < 1.29 is 4.79 Å². The van der Waals surface area contributed by atoms with Crippen molar-refractivity contribution in [3.05, 3.63) is 71.3 Å². The van der Waals surface area contributed by atoms with Crippen LogP contribution >= 0.6 is 0 Å². The lowest BCUT2D eigenvalue weighted by Crippen LogP contribution is -2.42. The van der Waals surface area contributed by atoms with Crippen LogP contribution in [-0.2, 0) is 0 Å². The first-order chi connectivity index (χ1) is 12.7. The van der Waals surface area contributed by atoms with Gasteiger partial charge in [0.2, 0.25) is 0 Å². The van der Waals surface area contributed by atoms with Crippen molar-refractivity contribution in [3.8, 4) is 0 Å². The van der Waals surface area contributed by atoms with Crippen LogP contribution in [0.5, 0.6) is 0 Å². The molecule has 2 heterocycles. The van der Waals surface area contributed by atoms with Gasteiger partial charge in [0.05, 0.1) is 17.2 Å². The van der Waals surface area contributed by atoms with E-state index in [-0.39, 0.29) is 17.6 Å². The maximum atomic E-state index is 12.7. The molecule has 1 N–H and O–H groups in total. The largest absolute Gasteiger partial charge is 0.324 e. The number of urea groups is 1. The van der Waals surface area contributed by atoms with Gasteiger partial charge in [-0.1, -0.05) is 30.3 Å². The van der Waals surface area contributed by atoms with Gasteiger partial charge in [-0.2, -0.15) is 0 Å². The third-order valence-corrected chi connectivity index (χ3v) is 4.86. The Balaban J connectivity index is 1.44. The molecule has 0 spiro atoms. The molecule has 3 aromatic rings. The lowest BCUT2D eigenvalue weighted by Gasteiger charge is -2.32. The number of para-hydroxylation sites is 2. The normalized spacial score (nSPS) is 15.2. The molecular weight excluding hydrogens is 328 g/mol. The van der Waals surface area contributed by atoms with Crippen LogP contribution < -0.4 is 10.9 Å². The summed E-state index contributed by atoms with van der Waals surface area (Å²) in [5.41, 5.74) is 1.49. The SMILES string of the molecule is O=C(Nc1ccccc1)N1CCC(n2cnc3ccccc3c2=O)CC1. The molecule has 1 aromatic heterocycles. The van der Waals surface area contributed by atoms with Gasteiger partial charge in [0.15, 0.2) is 0 Å².